The fourth-order valence-electron chi connectivity index (χ4n) is 14.2. The summed E-state index contributed by atoms with van der Waals surface area (Å²) >= 11 is 3.91. The molecule has 15 rings (SSSR count). The third-order valence-electron chi connectivity index (χ3n) is 18.4. The van der Waals surface area contributed by atoms with Crippen LogP contribution in [0.4, 0.5) is 0 Å². The van der Waals surface area contributed by atoms with Gasteiger partial charge in [-0.05, 0) is 149 Å². The first kappa shape index (κ1) is 50.3. The summed E-state index contributed by atoms with van der Waals surface area (Å²) < 4.78 is 5.49. The summed E-state index contributed by atoms with van der Waals surface area (Å²) in [5, 5.41) is 8.11. The lowest BCUT2D eigenvalue weighted by Gasteiger charge is -2.29. The van der Waals surface area contributed by atoms with Crippen molar-refractivity contribution < 1.29 is 0 Å². The van der Waals surface area contributed by atoms with Crippen molar-refractivity contribution in [2.24, 2.45) is 0 Å². The van der Waals surface area contributed by atoms with Crippen LogP contribution in [0.1, 0.15) is 89.5 Å². The standard InChI is InChI=1S/C80H62S2/c1-51(71(48-57-29-13-14-30-59(57)53-25-9-5-10-26-53)69-38-22-37-68-64-33-18-20-40-76(64)82-79(68)69)55-41-46-70-73(49-55)80(2,3)74-50-58(60-31-15-16-34-65(60)77(70)74)43-45-62(66-35-21-36-67-63-32-17-19-39-75(63)81-78(66)67)72-47-56(52-23-7-4-8-24-52)42-44-61(72)54-27-11-6-12-28-54/h4-42,44,46-47,49-51,62,71H,43,45,48H2,1-3H3. The molecule has 0 nitrogen and oxygen atoms in total. The van der Waals surface area contributed by atoms with Crippen LogP contribution in [0.2, 0.25) is 0 Å². The smallest absolute Gasteiger partial charge is 0.0393 e. The summed E-state index contributed by atoms with van der Waals surface area (Å²) in [5.74, 6) is 0.560. The molecule has 0 spiro atoms. The molecule has 1 aliphatic carbocycles. The highest BCUT2D eigenvalue weighted by Crippen LogP contribution is 2.55. The monoisotopic (exact) mass is 1090 g/mol. The van der Waals surface area contributed by atoms with Gasteiger partial charge in [-0.25, -0.2) is 0 Å². The fourth-order valence-corrected chi connectivity index (χ4v) is 16.8. The van der Waals surface area contributed by atoms with Gasteiger partial charge in [-0.3, -0.25) is 0 Å². The maximum Gasteiger partial charge on any atom is 0.0393 e. The molecule has 0 N–H and O–H groups in total. The van der Waals surface area contributed by atoms with Gasteiger partial charge in [0.25, 0.3) is 0 Å². The number of thiophene rings is 2. The van der Waals surface area contributed by atoms with E-state index in [9.17, 15) is 0 Å². The Morgan fingerprint density at radius 1 is 0.366 bits per heavy atom. The Morgan fingerprint density at radius 3 is 1.59 bits per heavy atom. The van der Waals surface area contributed by atoms with Crippen LogP contribution in [0.3, 0.4) is 0 Å². The average Bonchev–Trinajstić information content (AvgIpc) is 3.90. The van der Waals surface area contributed by atoms with Crippen molar-refractivity contribution in [1.82, 2.24) is 0 Å². The van der Waals surface area contributed by atoms with Gasteiger partial charge in [-0.1, -0.05) is 269 Å². The summed E-state index contributed by atoms with van der Waals surface area (Å²) in [4.78, 5) is 0. The van der Waals surface area contributed by atoms with Crippen LogP contribution in [-0.4, -0.2) is 0 Å². The van der Waals surface area contributed by atoms with E-state index in [0.717, 1.165) is 19.3 Å². The zero-order chi connectivity index (χ0) is 54.9. The summed E-state index contributed by atoms with van der Waals surface area (Å²) in [7, 11) is 0. The van der Waals surface area contributed by atoms with Gasteiger partial charge in [0.05, 0.1) is 0 Å². The van der Waals surface area contributed by atoms with E-state index in [0.29, 0.717) is 0 Å². The van der Waals surface area contributed by atoms with Crippen LogP contribution >= 0.6 is 22.7 Å². The largest absolute Gasteiger partial charge is 0.135 e. The minimum Gasteiger partial charge on any atom is -0.135 e. The lowest BCUT2D eigenvalue weighted by Crippen LogP contribution is -2.17. The second kappa shape index (κ2) is 20.7. The van der Waals surface area contributed by atoms with E-state index in [2.05, 4.69) is 288 Å². The Hall–Kier alpha value is -8.66. The zero-order valence-electron chi connectivity index (χ0n) is 46.6. The van der Waals surface area contributed by atoms with Gasteiger partial charge >= 0.3 is 0 Å². The molecule has 12 aromatic carbocycles. The molecule has 3 atom stereocenters. The Morgan fingerprint density at radius 2 is 0.902 bits per heavy atom. The second-order valence-electron chi connectivity index (χ2n) is 23.3. The molecule has 3 unspecified atom stereocenters. The predicted octanol–water partition coefficient (Wildman–Crippen LogP) is 22.8. The van der Waals surface area contributed by atoms with E-state index in [-0.39, 0.29) is 23.2 Å². The minimum atomic E-state index is -0.230. The highest BCUT2D eigenvalue weighted by molar-refractivity contribution is 7.26. The molecule has 14 aromatic rings. The molecule has 394 valence electrons. The number of benzene rings is 12. The molecule has 2 heteroatoms. The van der Waals surface area contributed by atoms with Crippen LogP contribution in [0.15, 0.2) is 267 Å². The van der Waals surface area contributed by atoms with Crippen molar-refractivity contribution in [2.75, 3.05) is 0 Å². The van der Waals surface area contributed by atoms with E-state index in [1.54, 1.807) is 0 Å². The van der Waals surface area contributed by atoms with Crippen molar-refractivity contribution in [3.63, 3.8) is 0 Å². The number of fused-ring (bicyclic) bond motifs is 11. The third-order valence-corrected chi connectivity index (χ3v) is 20.9. The van der Waals surface area contributed by atoms with E-state index in [4.69, 9.17) is 0 Å². The molecule has 2 aromatic heterocycles. The normalized spacial score (nSPS) is 13.9. The van der Waals surface area contributed by atoms with Crippen molar-refractivity contribution in [2.45, 2.75) is 63.2 Å². The van der Waals surface area contributed by atoms with Crippen molar-refractivity contribution in [1.29, 1.82) is 0 Å². The van der Waals surface area contributed by atoms with E-state index in [1.165, 1.54) is 140 Å². The van der Waals surface area contributed by atoms with Crippen LogP contribution in [-0.2, 0) is 18.3 Å². The van der Waals surface area contributed by atoms with Gasteiger partial charge in [-0.15, -0.1) is 22.7 Å². The minimum absolute atomic E-state index is 0.114. The van der Waals surface area contributed by atoms with Crippen molar-refractivity contribution in [3.05, 3.63) is 311 Å². The molecule has 0 saturated heterocycles. The molecule has 0 aliphatic heterocycles. The highest BCUT2D eigenvalue weighted by Gasteiger charge is 2.38. The maximum atomic E-state index is 2.63. The van der Waals surface area contributed by atoms with Gasteiger partial charge in [0.15, 0.2) is 0 Å². The Kier molecular flexibility index (Phi) is 12.7. The lowest BCUT2D eigenvalue weighted by atomic mass is 9.75. The summed E-state index contributed by atoms with van der Waals surface area (Å²) in [6.45, 7) is 7.48. The Labute approximate surface area is 489 Å². The topological polar surface area (TPSA) is 0 Å². The van der Waals surface area contributed by atoms with Gasteiger partial charge in [0, 0.05) is 51.7 Å². The number of hydrogen-bond donors (Lipinski definition) is 0. The van der Waals surface area contributed by atoms with Crippen molar-refractivity contribution in [3.8, 4) is 44.5 Å². The molecular weight excluding hydrogens is 1030 g/mol. The van der Waals surface area contributed by atoms with Gasteiger partial charge in [-0.2, -0.15) is 0 Å². The highest BCUT2D eigenvalue weighted by atomic mass is 32.1. The van der Waals surface area contributed by atoms with Crippen LogP contribution in [0.25, 0.3) is 95.6 Å². The van der Waals surface area contributed by atoms with Crippen molar-refractivity contribution >= 4 is 73.8 Å². The fraction of sp³-hybridized carbons (Fsp3) is 0.125. The zero-order valence-corrected chi connectivity index (χ0v) is 48.2. The number of aryl methyl sites for hydroxylation is 1. The summed E-state index contributed by atoms with van der Waals surface area (Å²) in [5.41, 5.74) is 21.5. The van der Waals surface area contributed by atoms with Gasteiger partial charge < -0.3 is 0 Å². The van der Waals surface area contributed by atoms with Gasteiger partial charge in [0.1, 0.15) is 0 Å². The Balaban J connectivity index is 0.845. The van der Waals surface area contributed by atoms with E-state index < -0.39 is 0 Å². The predicted molar refractivity (Wildman–Crippen MR) is 354 cm³/mol. The first-order chi connectivity index (χ1) is 40.4. The molecule has 0 fully saturated rings. The quantitative estimate of drug-likeness (QED) is 0.108. The Bertz CT molecular complexity index is 4710. The number of hydrogen-bond acceptors (Lipinski definition) is 2. The van der Waals surface area contributed by atoms with Gasteiger partial charge in [0.2, 0.25) is 0 Å². The molecular formula is C80H62S2. The molecule has 0 radical (unpaired) electrons. The van der Waals surface area contributed by atoms with Crippen LogP contribution in [0, 0.1) is 0 Å². The molecule has 0 saturated carbocycles. The first-order valence-corrected chi connectivity index (χ1v) is 30.9. The number of rotatable bonds is 13. The lowest BCUT2D eigenvalue weighted by molar-refractivity contribution is 0.574. The molecule has 0 bridgehead atoms. The SMILES string of the molecule is CC(c1ccc2c(c1)C(C)(C)c1cc(CCC(c3cc(-c4ccccc4)ccc3-c3ccccc3)c3cccc4c3sc3ccccc34)c3ccccc3c1-2)C(Cc1ccccc1-c1ccccc1)c1cccc2c1sc1ccccc12. The molecule has 1 aliphatic rings. The third kappa shape index (κ3) is 8.62. The summed E-state index contributed by atoms with van der Waals surface area (Å²) in [6.07, 6.45) is 2.80. The first-order valence-electron chi connectivity index (χ1n) is 29.2. The van der Waals surface area contributed by atoms with Crippen LogP contribution < -0.4 is 0 Å². The molecule has 0 amide bonds. The molecule has 82 heavy (non-hydrogen) atoms. The van der Waals surface area contributed by atoms with E-state index in [1.807, 2.05) is 22.7 Å². The van der Waals surface area contributed by atoms with Crippen LogP contribution in [0.5, 0.6) is 0 Å². The maximum absolute atomic E-state index is 2.63. The summed E-state index contributed by atoms with van der Waals surface area (Å²) in [6, 6.07) is 101. The van der Waals surface area contributed by atoms with E-state index >= 15 is 0 Å². The average molecular weight is 1090 g/mol. The second-order valence-corrected chi connectivity index (χ2v) is 25.4. The molecule has 2 heterocycles.